The fourth-order valence-electron chi connectivity index (χ4n) is 3.75. The maximum atomic E-state index is 13.1. The summed E-state index contributed by atoms with van der Waals surface area (Å²) in [5.41, 5.74) is 3.81. The molecule has 7 heteroatoms. The van der Waals surface area contributed by atoms with Crippen molar-refractivity contribution in [3.63, 3.8) is 0 Å². The number of aryl methyl sites for hydroxylation is 2. The van der Waals surface area contributed by atoms with E-state index in [1.54, 1.807) is 15.5 Å². The molecule has 0 saturated carbocycles. The summed E-state index contributed by atoms with van der Waals surface area (Å²) in [5.74, 6) is -0.266. The Morgan fingerprint density at radius 1 is 1.00 bits per heavy atom. The number of anilines is 1. The normalized spacial score (nSPS) is 14.9. The molecule has 0 radical (unpaired) electrons. The molecular weight excluding hydrogens is 366 g/mol. The first-order valence-corrected chi connectivity index (χ1v) is 9.77. The van der Waals surface area contributed by atoms with Crippen molar-refractivity contribution in [1.82, 2.24) is 19.2 Å². The summed E-state index contributed by atoms with van der Waals surface area (Å²) in [6.07, 6.45) is 1.76. The monoisotopic (exact) mass is 391 g/mol. The number of benzene rings is 1. The predicted octanol–water partition coefficient (Wildman–Crippen LogP) is 2.59. The van der Waals surface area contributed by atoms with Crippen molar-refractivity contribution in [2.75, 3.05) is 38.5 Å². The molecule has 0 aliphatic carbocycles. The van der Waals surface area contributed by atoms with E-state index >= 15 is 0 Å². The van der Waals surface area contributed by atoms with E-state index in [-0.39, 0.29) is 17.6 Å². The van der Waals surface area contributed by atoms with Gasteiger partial charge in [-0.25, -0.2) is 4.98 Å². The van der Waals surface area contributed by atoms with Crippen LogP contribution in [0.2, 0.25) is 0 Å². The average Bonchev–Trinajstić information content (AvgIpc) is 3.07. The molecule has 3 aromatic rings. The molecule has 1 aliphatic heterocycles. The molecule has 150 valence electrons. The molecule has 0 unspecified atom stereocenters. The van der Waals surface area contributed by atoms with Gasteiger partial charge in [0.15, 0.2) is 5.69 Å². The van der Waals surface area contributed by atoms with E-state index in [2.05, 4.69) is 15.2 Å². The van der Waals surface area contributed by atoms with Gasteiger partial charge in [-0.15, -0.1) is 0 Å². The van der Waals surface area contributed by atoms with E-state index in [1.807, 2.05) is 57.3 Å². The predicted molar refractivity (Wildman–Crippen MR) is 112 cm³/mol. The van der Waals surface area contributed by atoms with E-state index in [1.165, 1.54) is 0 Å². The van der Waals surface area contributed by atoms with Crippen molar-refractivity contribution in [3.05, 3.63) is 65.2 Å². The lowest BCUT2D eigenvalue weighted by Gasteiger charge is -2.32. The lowest BCUT2D eigenvalue weighted by atomic mass is 10.1. The van der Waals surface area contributed by atoms with Gasteiger partial charge in [-0.2, -0.15) is 0 Å². The third-order valence-corrected chi connectivity index (χ3v) is 5.22. The van der Waals surface area contributed by atoms with Crippen LogP contribution in [0.3, 0.4) is 0 Å². The second-order valence-corrected chi connectivity index (χ2v) is 7.67. The Morgan fingerprint density at radius 2 is 1.69 bits per heavy atom. The largest absolute Gasteiger partial charge is 0.335 e. The van der Waals surface area contributed by atoms with Crippen LogP contribution in [0, 0.1) is 13.8 Å². The Hall–Kier alpha value is -3.19. The molecule has 1 aromatic carbocycles. The number of fused-ring (bicyclic) bond motifs is 1. The molecule has 7 nitrogen and oxygen atoms in total. The van der Waals surface area contributed by atoms with E-state index in [9.17, 15) is 9.59 Å². The first kappa shape index (κ1) is 19.1. The third kappa shape index (κ3) is 3.86. The number of piperazine rings is 1. The molecule has 1 saturated heterocycles. The van der Waals surface area contributed by atoms with Gasteiger partial charge in [0.1, 0.15) is 0 Å². The zero-order chi connectivity index (χ0) is 20.5. The number of nitrogens with one attached hydrogen (secondary N) is 1. The average molecular weight is 391 g/mol. The first-order valence-electron chi connectivity index (χ1n) is 9.77. The van der Waals surface area contributed by atoms with Crippen molar-refractivity contribution < 1.29 is 9.59 Å². The first-order chi connectivity index (χ1) is 13.9. The van der Waals surface area contributed by atoms with Crippen LogP contribution in [0.1, 0.15) is 32.2 Å². The Balaban J connectivity index is 1.66. The molecule has 0 spiro atoms. The number of hydrogen-bond donors (Lipinski definition) is 1. The number of aromatic nitrogens is 2. The fraction of sp³-hybridized carbons (Fsp3) is 0.318. The molecule has 3 heterocycles. The van der Waals surface area contributed by atoms with Crippen molar-refractivity contribution in [2.45, 2.75) is 13.8 Å². The molecule has 1 fully saturated rings. The Morgan fingerprint density at radius 3 is 2.38 bits per heavy atom. The second-order valence-electron chi connectivity index (χ2n) is 7.67. The molecule has 1 aliphatic rings. The summed E-state index contributed by atoms with van der Waals surface area (Å²) in [6, 6.07) is 11.4. The summed E-state index contributed by atoms with van der Waals surface area (Å²) < 4.78 is 1.68. The minimum atomic E-state index is -0.339. The Bertz CT molecular complexity index is 1060. The van der Waals surface area contributed by atoms with Crippen LogP contribution >= 0.6 is 0 Å². The van der Waals surface area contributed by atoms with Gasteiger partial charge in [0, 0.05) is 38.1 Å². The minimum absolute atomic E-state index is 0.132. The SMILES string of the molecule is Cc1cc(C)cc(NC(=O)c2nc(C(=O)N3CCN(C)CC3)c3ccccn23)c1. The molecule has 0 atom stereocenters. The summed E-state index contributed by atoms with van der Waals surface area (Å²) in [7, 11) is 2.04. The second kappa shape index (κ2) is 7.67. The maximum absolute atomic E-state index is 13.1. The number of likely N-dealkylation sites (N-methyl/N-ethyl adjacent to an activating group) is 1. The zero-order valence-corrected chi connectivity index (χ0v) is 17.0. The van der Waals surface area contributed by atoms with Gasteiger partial charge in [-0.3, -0.25) is 14.0 Å². The number of rotatable bonds is 3. The number of nitrogens with zero attached hydrogens (tertiary/aromatic N) is 4. The number of hydrogen-bond acceptors (Lipinski definition) is 4. The summed E-state index contributed by atoms with van der Waals surface area (Å²) in [5, 5.41) is 2.92. The van der Waals surface area contributed by atoms with E-state index < -0.39 is 0 Å². The summed E-state index contributed by atoms with van der Waals surface area (Å²) in [4.78, 5) is 34.6. The van der Waals surface area contributed by atoms with Crippen molar-refractivity contribution in [3.8, 4) is 0 Å². The molecule has 2 aromatic heterocycles. The highest BCUT2D eigenvalue weighted by Crippen LogP contribution is 2.19. The van der Waals surface area contributed by atoms with Gasteiger partial charge in [-0.1, -0.05) is 12.1 Å². The van der Waals surface area contributed by atoms with Crippen LogP contribution in [-0.2, 0) is 0 Å². The third-order valence-electron chi connectivity index (χ3n) is 5.22. The van der Waals surface area contributed by atoms with Gasteiger partial charge < -0.3 is 15.1 Å². The lowest BCUT2D eigenvalue weighted by molar-refractivity contribution is 0.0661. The van der Waals surface area contributed by atoms with Gasteiger partial charge in [0.25, 0.3) is 11.8 Å². The molecule has 29 heavy (non-hydrogen) atoms. The van der Waals surface area contributed by atoms with Crippen molar-refractivity contribution in [1.29, 1.82) is 0 Å². The number of pyridine rings is 1. The lowest BCUT2D eigenvalue weighted by Crippen LogP contribution is -2.47. The molecule has 2 amide bonds. The van der Waals surface area contributed by atoms with Crippen molar-refractivity contribution >= 4 is 23.0 Å². The topological polar surface area (TPSA) is 70.0 Å². The molecule has 4 rings (SSSR count). The highest BCUT2D eigenvalue weighted by Gasteiger charge is 2.27. The molecule has 1 N–H and O–H groups in total. The number of carbonyl (C=O) groups excluding carboxylic acids is 2. The maximum Gasteiger partial charge on any atom is 0.292 e. The van der Waals surface area contributed by atoms with E-state index in [4.69, 9.17) is 0 Å². The highest BCUT2D eigenvalue weighted by molar-refractivity contribution is 6.06. The number of carbonyl (C=O) groups is 2. The zero-order valence-electron chi connectivity index (χ0n) is 17.0. The van der Waals surface area contributed by atoms with Crippen LogP contribution in [0.4, 0.5) is 5.69 Å². The number of amides is 2. The fourth-order valence-corrected chi connectivity index (χ4v) is 3.75. The van der Waals surface area contributed by atoms with Gasteiger partial charge in [0.05, 0.1) is 5.52 Å². The van der Waals surface area contributed by atoms with Crippen LogP contribution in [-0.4, -0.2) is 64.2 Å². The molecular formula is C22H25N5O2. The standard InChI is InChI=1S/C22H25N5O2/c1-15-12-16(2)14-17(13-15)23-21(28)20-24-19(18-6-4-5-7-27(18)20)22(29)26-10-8-25(3)9-11-26/h4-7,12-14H,8-11H2,1-3H3,(H,23,28). The van der Waals surface area contributed by atoms with Gasteiger partial charge in [-0.05, 0) is 56.3 Å². The quantitative estimate of drug-likeness (QED) is 0.745. The van der Waals surface area contributed by atoms with E-state index in [0.29, 0.717) is 30.0 Å². The van der Waals surface area contributed by atoms with Gasteiger partial charge >= 0.3 is 0 Å². The van der Waals surface area contributed by atoms with Crippen LogP contribution < -0.4 is 5.32 Å². The minimum Gasteiger partial charge on any atom is -0.335 e. The highest BCUT2D eigenvalue weighted by atomic mass is 16.2. The molecule has 0 bridgehead atoms. The van der Waals surface area contributed by atoms with Crippen LogP contribution in [0.5, 0.6) is 0 Å². The Labute approximate surface area is 169 Å². The summed E-state index contributed by atoms with van der Waals surface area (Å²) >= 11 is 0. The van der Waals surface area contributed by atoms with E-state index in [0.717, 1.165) is 24.2 Å². The van der Waals surface area contributed by atoms with Crippen LogP contribution in [0.25, 0.3) is 5.52 Å². The van der Waals surface area contributed by atoms with Gasteiger partial charge in [0.2, 0.25) is 5.82 Å². The van der Waals surface area contributed by atoms with Crippen LogP contribution in [0.15, 0.2) is 42.6 Å². The number of imidazole rings is 1. The Kier molecular flexibility index (Phi) is 5.07. The summed E-state index contributed by atoms with van der Waals surface area (Å²) in [6.45, 7) is 6.95. The smallest absolute Gasteiger partial charge is 0.292 e. The van der Waals surface area contributed by atoms with Crippen molar-refractivity contribution in [2.24, 2.45) is 0 Å².